The Bertz CT molecular complexity index is 193. The first-order valence-electron chi connectivity index (χ1n) is 7.67. The number of rotatable bonds is 11. The third-order valence-electron chi connectivity index (χ3n) is 4.05. The van der Waals surface area contributed by atoms with E-state index in [9.17, 15) is 0 Å². The molecule has 0 aromatic heterocycles. The van der Waals surface area contributed by atoms with Crippen molar-refractivity contribution in [2.24, 2.45) is 5.92 Å². The van der Waals surface area contributed by atoms with Gasteiger partial charge in [0.15, 0.2) is 0 Å². The molecule has 1 nitrogen and oxygen atoms in total. The Kier molecular flexibility index (Phi) is 9.53. The van der Waals surface area contributed by atoms with E-state index in [1.54, 1.807) is 0 Å². The molecule has 0 heterocycles. The van der Waals surface area contributed by atoms with Crippen LogP contribution in [0, 0.1) is 5.92 Å². The van der Waals surface area contributed by atoms with E-state index in [0.717, 1.165) is 6.42 Å². The van der Waals surface area contributed by atoms with Crippen LogP contribution < -0.4 is 0 Å². The standard InChI is InChI=1S/C15H28Cl2O/c1-2-3-4-5-6-7-8-12-14(18-15(16)17)13-10-9-11-13/h13-15H,2-12H2,1H3. The number of ether oxygens (including phenoxy) is 1. The van der Waals surface area contributed by atoms with Crippen molar-refractivity contribution in [1.82, 2.24) is 0 Å². The van der Waals surface area contributed by atoms with E-state index < -0.39 is 5.02 Å². The van der Waals surface area contributed by atoms with E-state index in [-0.39, 0.29) is 0 Å². The second-order valence-electron chi connectivity index (χ2n) is 5.54. The predicted octanol–water partition coefficient (Wildman–Crippen LogP) is 6.07. The summed E-state index contributed by atoms with van der Waals surface area (Å²) in [7, 11) is 0. The van der Waals surface area contributed by atoms with Gasteiger partial charge in [0.05, 0.1) is 6.10 Å². The summed E-state index contributed by atoms with van der Waals surface area (Å²) in [5.41, 5.74) is 0. The van der Waals surface area contributed by atoms with Gasteiger partial charge in [0, 0.05) is 0 Å². The maximum Gasteiger partial charge on any atom is 0.206 e. The van der Waals surface area contributed by atoms with Gasteiger partial charge in [0.1, 0.15) is 0 Å². The van der Waals surface area contributed by atoms with Gasteiger partial charge in [-0.15, -0.1) is 0 Å². The Morgan fingerprint density at radius 2 is 1.61 bits per heavy atom. The molecule has 18 heavy (non-hydrogen) atoms. The van der Waals surface area contributed by atoms with Gasteiger partial charge in [-0.25, -0.2) is 0 Å². The summed E-state index contributed by atoms with van der Waals surface area (Å²) in [5.74, 6) is 0.713. The van der Waals surface area contributed by atoms with Gasteiger partial charge >= 0.3 is 0 Å². The largest absolute Gasteiger partial charge is 0.345 e. The first kappa shape index (κ1) is 16.6. The van der Waals surface area contributed by atoms with E-state index >= 15 is 0 Å². The van der Waals surface area contributed by atoms with Gasteiger partial charge in [-0.1, -0.05) is 81.5 Å². The molecule has 0 aliphatic heterocycles. The van der Waals surface area contributed by atoms with Crippen molar-refractivity contribution in [3.8, 4) is 0 Å². The fourth-order valence-electron chi connectivity index (χ4n) is 2.66. The van der Waals surface area contributed by atoms with Gasteiger partial charge in [0.2, 0.25) is 5.02 Å². The minimum Gasteiger partial charge on any atom is -0.345 e. The van der Waals surface area contributed by atoms with Gasteiger partial charge in [-0.2, -0.15) is 0 Å². The van der Waals surface area contributed by atoms with Gasteiger partial charge in [0.25, 0.3) is 0 Å². The van der Waals surface area contributed by atoms with Crippen LogP contribution in [0.5, 0.6) is 0 Å². The fraction of sp³-hybridized carbons (Fsp3) is 1.00. The van der Waals surface area contributed by atoms with Crippen LogP contribution in [-0.2, 0) is 4.74 Å². The molecule has 1 saturated carbocycles. The molecule has 0 radical (unpaired) electrons. The van der Waals surface area contributed by atoms with E-state index in [4.69, 9.17) is 27.9 Å². The molecule has 1 aliphatic rings. The van der Waals surface area contributed by atoms with Crippen LogP contribution in [0.2, 0.25) is 0 Å². The average molecular weight is 295 g/mol. The van der Waals surface area contributed by atoms with Crippen LogP contribution in [0.1, 0.15) is 77.6 Å². The topological polar surface area (TPSA) is 9.23 Å². The minimum atomic E-state index is -0.653. The first-order chi connectivity index (χ1) is 8.74. The van der Waals surface area contributed by atoms with Crippen LogP contribution in [0.15, 0.2) is 0 Å². The number of halogens is 2. The molecule has 1 rings (SSSR count). The summed E-state index contributed by atoms with van der Waals surface area (Å²) >= 11 is 11.5. The highest BCUT2D eigenvalue weighted by atomic mass is 35.5. The summed E-state index contributed by atoms with van der Waals surface area (Å²) in [5, 5.41) is -0.653. The molecule has 1 unspecified atom stereocenters. The van der Waals surface area contributed by atoms with Crippen LogP contribution in [0.3, 0.4) is 0 Å². The smallest absolute Gasteiger partial charge is 0.206 e. The molecule has 1 fully saturated rings. The molecule has 0 amide bonds. The first-order valence-corrected chi connectivity index (χ1v) is 8.55. The Hall–Kier alpha value is 0.540. The Morgan fingerprint density at radius 1 is 1.00 bits per heavy atom. The maximum atomic E-state index is 5.74. The van der Waals surface area contributed by atoms with Gasteiger partial charge in [-0.3, -0.25) is 0 Å². The van der Waals surface area contributed by atoms with Crippen molar-refractivity contribution >= 4 is 23.2 Å². The molecule has 0 bridgehead atoms. The van der Waals surface area contributed by atoms with E-state index in [0.29, 0.717) is 12.0 Å². The number of hydrogen-bond donors (Lipinski definition) is 0. The molecular formula is C15H28Cl2O. The zero-order valence-corrected chi connectivity index (χ0v) is 13.2. The lowest BCUT2D eigenvalue weighted by Crippen LogP contribution is -2.30. The molecule has 0 spiro atoms. The Balaban J connectivity index is 2.02. The Labute approximate surface area is 123 Å². The number of alkyl halides is 2. The summed E-state index contributed by atoms with van der Waals surface area (Å²) in [6.07, 6.45) is 14.8. The number of hydrogen-bond acceptors (Lipinski definition) is 1. The predicted molar refractivity (Wildman–Crippen MR) is 80.3 cm³/mol. The second-order valence-corrected chi connectivity index (χ2v) is 6.55. The van der Waals surface area contributed by atoms with E-state index in [2.05, 4.69) is 6.92 Å². The zero-order valence-electron chi connectivity index (χ0n) is 11.7. The monoisotopic (exact) mass is 294 g/mol. The quantitative estimate of drug-likeness (QED) is 0.332. The van der Waals surface area contributed by atoms with Gasteiger partial charge < -0.3 is 4.74 Å². The Morgan fingerprint density at radius 3 is 2.11 bits per heavy atom. The highest BCUT2D eigenvalue weighted by molar-refractivity contribution is 6.43. The van der Waals surface area contributed by atoms with E-state index in [1.807, 2.05) is 0 Å². The van der Waals surface area contributed by atoms with Crippen LogP contribution in [0.25, 0.3) is 0 Å². The van der Waals surface area contributed by atoms with Crippen molar-refractivity contribution in [2.75, 3.05) is 0 Å². The highest BCUT2D eigenvalue weighted by Gasteiger charge is 2.28. The molecule has 1 aliphatic carbocycles. The third-order valence-corrected chi connectivity index (χ3v) is 4.25. The molecular weight excluding hydrogens is 267 g/mol. The zero-order chi connectivity index (χ0) is 13.2. The van der Waals surface area contributed by atoms with Crippen molar-refractivity contribution in [3.63, 3.8) is 0 Å². The van der Waals surface area contributed by atoms with Crippen LogP contribution in [-0.4, -0.2) is 11.1 Å². The highest BCUT2D eigenvalue weighted by Crippen LogP contribution is 2.34. The lowest BCUT2D eigenvalue weighted by molar-refractivity contribution is -0.0112. The third kappa shape index (κ3) is 7.21. The van der Waals surface area contributed by atoms with E-state index in [1.165, 1.54) is 64.2 Å². The summed E-state index contributed by atoms with van der Waals surface area (Å²) in [6, 6.07) is 0. The number of unbranched alkanes of at least 4 members (excludes halogenated alkanes) is 6. The van der Waals surface area contributed by atoms with Gasteiger partial charge in [-0.05, 0) is 25.2 Å². The normalized spacial score (nSPS) is 18.0. The van der Waals surface area contributed by atoms with Crippen molar-refractivity contribution in [1.29, 1.82) is 0 Å². The summed E-state index contributed by atoms with van der Waals surface area (Å²) in [6.45, 7) is 2.26. The molecule has 1 atom stereocenters. The van der Waals surface area contributed by atoms with Crippen LogP contribution in [0.4, 0.5) is 0 Å². The average Bonchev–Trinajstić information content (AvgIpc) is 2.24. The maximum absolute atomic E-state index is 5.74. The lowest BCUT2D eigenvalue weighted by atomic mass is 9.79. The van der Waals surface area contributed by atoms with Crippen molar-refractivity contribution in [2.45, 2.75) is 88.7 Å². The molecule has 0 saturated heterocycles. The minimum absolute atomic E-state index is 0.300. The van der Waals surface area contributed by atoms with Crippen molar-refractivity contribution < 1.29 is 4.74 Å². The molecule has 3 heteroatoms. The molecule has 0 aromatic rings. The SMILES string of the molecule is CCCCCCCCCC(OC(Cl)Cl)C1CCC1. The summed E-state index contributed by atoms with van der Waals surface area (Å²) < 4.78 is 5.63. The van der Waals surface area contributed by atoms with Crippen LogP contribution >= 0.6 is 23.2 Å². The fourth-order valence-corrected chi connectivity index (χ4v) is 2.93. The second kappa shape index (κ2) is 10.3. The molecule has 0 aromatic carbocycles. The molecule has 108 valence electrons. The molecule has 0 N–H and O–H groups in total. The summed E-state index contributed by atoms with van der Waals surface area (Å²) in [4.78, 5) is 0. The lowest BCUT2D eigenvalue weighted by Gasteiger charge is -2.34. The van der Waals surface area contributed by atoms with Crippen molar-refractivity contribution in [3.05, 3.63) is 0 Å².